The molecule has 3 nitrogen and oxygen atoms in total. The van der Waals surface area contributed by atoms with Gasteiger partial charge in [-0.15, -0.1) is 12.4 Å². The Hall–Kier alpha value is -0.420. The Bertz CT molecular complexity index is 203. The number of hydrogen-bond donors (Lipinski definition) is 2. The monoisotopic (exact) mass is 258 g/mol. The lowest BCUT2D eigenvalue weighted by Crippen LogP contribution is -2.41. The minimum Gasteiger partial charge on any atom is -0.350 e. The molecular formula is C10H21ClF2N2O. The molecule has 0 radical (unpaired) electrons. The molecule has 0 aromatic carbocycles. The van der Waals surface area contributed by atoms with Gasteiger partial charge in [0.15, 0.2) is 0 Å². The van der Waals surface area contributed by atoms with Gasteiger partial charge in [-0.3, -0.25) is 4.79 Å². The average Bonchev–Trinajstić information content (AvgIpc) is 2.15. The first kappa shape index (κ1) is 18.0. The maximum absolute atomic E-state index is 12.7. The number of alkyl halides is 2. The minimum atomic E-state index is -3.00. The van der Waals surface area contributed by atoms with Crippen LogP contribution in [-0.2, 0) is 4.79 Å². The highest BCUT2D eigenvalue weighted by Gasteiger charge is 2.27. The summed E-state index contributed by atoms with van der Waals surface area (Å²) in [6.45, 7) is 2.56. The molecule has 6 heteroatoms. The van der Waals surface area contributed by atoms with Crippen LogP contribution in [0.25, 0.3) is 0 Å². The van der Waals surface area contributed by atoms with Crippen molar-refractivity contribution in [1.29, 1.82) is 0 Å². The van der Waals surface area contributed by atoms with Gasteiger partial charge >= 0.3 is 0 Å². The maximum atomic E-state index is 12.7. The lowest BCUT2D eigenvalue weighted by Gasteiger charge is -2.15. The van der Waals surface area contributed by atoms with Crippen molar-refractivity contribution in [3.63, 3.8) is 0 Å². The van der Waals surface area contributed by atoms with Gasteiger partial charge in [0.25, 0.3) is 5.92 Å². The summed E-state index contributed by atoms with van der Waals surface area (Å²) < 4.78 is 25.3. The largest absolute Gasteiger partial charge is 0.350 e. The van der Waals surface area contributed by atoms with Crippen molar-refractivity contribution in [2.75, 3.05) is 13.1 Å². The molecule has 16 heavy (non-hydrogen) atoms. The molecule has 0 aliphatic carbocycles. The van der Waals surface area contributed by atoms with E-state index >= 15 is 0 Å². The maximum Gasteiger partial charge on any atom is 0.277 e. The molecule has 0 aromatic rings. The summed E-state index contributed by atoms with van der Waals surface area (Å²) in [5, 5.41) is 2.19. The van der Waals surface area contributed by atoms with E-state index in [0.29, 0.717) is 6.42 Å². The number of carbonyl (C=O) groups excluding carboxylic acids is 1. The van der Waals surface area contributed by atoms with Crippen molar-refractivity contribution < 1.29 is 13.6 Å². The third kappa shape index (κ3) is 8.85. The second-order valence-corrected chi connectivity index (χ2v) is 3.93. The summed E-state index contributed by atoms with van der Waals surface area (Å²) in [4.78, 5) is 11.2. The topological polar surface area (TPSA) is 55.1 Å². The zero-order chi connectivity index (χ0) is 11.9. The summed E-state index contributed by atoms with van der Waals surface area (Å²) in [5.74, 6) is -3.09. The van der Waals surface area contributed by atoms with Crippen molar-refractivity contribution in [2.24, 2.45) is 11.7 Å². The zero-order valence-electron chi connectivity index (χ0n) is 9.76. The lowest BCUT2D eigenvalue weighted by molar-refractivity contribution is -0.123. The van der Waals surface area contributed by atoms with Crippen LogP contribution in [0.5, 0.6) is 0 Å². The van der Waals surface area contributed by atoms with E-state index in [1.165, 1.54) is 0 Å². The molecule has 1 atom stereocenters. The van der Waals surface area contributed by atoms with E-state index in [0.717, 1.165) is 12.8 Å². The fraction of sp³-hybridized carbons (Fsp3) is 0.900. The first-order valence-electron chi connectivity index (χ1n) is 5.26. The fourth-order valence-corrected chi connectivity index (χ4v) is 1.28. The number of rotatable bonds is 7. The van der Waals surface area contributed by atoms with Crippen molar-refractivity contribution >= 4 is 18.3 Å². The molecule has 0 saturated carbocycles. The molecule has 0 heterocycles. The van der Waals surface area contributed by atoms with E-state index in [-0.39, 0.29) is 24.2 Å². The Morgan fingerprint density at radius 2 is 2.06 bits per heavy atom. The number of nitrogens with two attached hydrogens (primary N) is 1. The van der Waals surface area contributed by atoms with Crippen LogP contribution < -0.4 is 11.1 Å². The molecule has 1 amide bonds. The van der Waals surface area contributed by atoms with Crippen LogP contribution in [0, 0.1) is 5.92 Å². The standard InChI is InChI=1S/C10H20F2N2O.ClH/c1-3-4-8(2)5-9(15)14-7-10(11,12)6-13;/h8H,3-7,13H2,1-2H3,(H,14,15);1H. The molecule has 0 rings (SSSR count). The van der Waals surface area contributed by atoms with Gasteiger partial charge in [0.1, 0.15) is 0 Å². The van der Waals surface area contributed by atoms with Gasteiger partial charge in [-0.1, -0.05) is 26.7 Å². The number of carbonyl (C=O) groups is 1. The Kier molecular flexibility index (Phi) is 9.77. The quantitative estimate of drug-likeness (QED) is 0.733. The highest BCUT2D eigenvalue weighted by molar-refractivity contribution is 5.85. The number of nitrogens with one attached hydrogen (secondary N) is 1. The van der Waals surface area contributed by atoms with Crippen LogP contribution in [-0.4, -0.2) is 24.9 Å². The van der Waals surface area contributed by atoms with Crippen LogP contribution in [0.4, 0.5) is 8.78 Å². The Balaban J connectivity index is 0. The van der Waals surface area contributed by atoms with E-state index in [1.807, 2.05) is 13.8 Å². The van der Waals surface area contributed by atoms with Crippen LogP contribution in [0.1, 0.15) is 33.1 Å². The van der Waals surface area contributed by atoms with Gasteiger partial charge in [-0.05, 0) is 5.92 Å². The molecule has 0 bridgehead atoms. The number of hydrogen-bond acceptors (Lipinski definition) is 2. The van der Waals surface area contributed by atoms with Crippen molar-refractivity contribution in [3.8, 4) is 0 Å². The smallest absolute Gasteiger partial charge is 0.277 e. The predicted molar refractivity (Wildman–Crippen MR) is 62.9 cm³/mol. The van der Waals surface area contributed by atoms with Crippen LogP contribution in [0.15, 0.2) is 0 Å². The Morgan fingerprint density at radius 3 is 2.50 bits per heavy atom. The van der Waals surface area contributed by atoms with E-state index in [9.17, 15) is 13.6 Å². The molecule has 98 valence electrons. The molecular weight excluding hydrogens is 238 g/mol. The van der Waals surface area contributed by atoms with Gasteiger partial charge in [0.2, 0.25) is 5.91 Å². The molecule has 3 N–H and O–H groups in total. The normalized spacial score (nSPS) is 12.8. The van der Waals surface area contributed by atoms with E-state index in [1.54, 1.807) is 0 Å². The third-order valence-electron chi connectivity index (χ3n) is 2.16. The van der Waals surface area contributed by atoms with Gasteiger partial charge in [0.05, 0.1) is 13.1 Å². The number of amides is 1. The summed E-state index contributed by atoms with van der Waals surface area (Å²) in [6, 6.07) is 0. The molecule has 0 aromatic heterocycles. The highest BCUT2D eigenvalue weighted by Crippen LogP contribution is 2.11. The summed E-state index contributed by atoms with van der Waals surface area (Å²) in [5.41, 5.74) is 4.84. The van der Waals surface area contributed by atoms with Crippen molar-refractivity contribution in [1.82, 2.24) is 5.32 Å². The first-order valence-corrected chi connectivity index (χ1v) is 5.26. The van der Waals surface area contributed by atoms with Gasteiger partial charge in [0, 0.05) is 6.42 Å². The molecule has 0 fully saturated rings. The van der Waals surface area contributed by atoms with Crippen molar-refractivity contribution in [3.05, 3.63) is 0 Å². The van der Waals surface area contributed by atoms with Gasteiger partial charge in [-0.25, -0.2) is 8.78 Å². The predicted octanol–water partition coefficient (Wildman–Crippen LogP) is 1.94. The molecule has 0 aliphatic rings. The molecule has 0 aliphatic heterocycles. The van der Waals surface area contributed by atoms with Gasteiger partial charge in [-0.2, -0.15) is 0 Å². The zero-order valence-corrected chi connectivity index (χ0v) is 10.6. The Labute approximate surface area is 102 Å². The Morgan fingerprint density at radius 1 is 1.50 bits per heavy atom. The second kappa shape index (κ2) is 8.70. The van der Waals surface area contributed by atoms with Crippen molar-refractivity contribution in [2.45, 2.75) is 39.0 Å². The van der Waals surface area contributed by atoms with E-state index in [2.05, 4.69) is 5.32 Å². The van der Waals surface area contributed by atoms with Crippen LogP contribution in [0.2, 0.25) is 0 Å². The third-order valence-corrected chi connectivity index (χ3v) is 2.16. The minimum absolute atomic E-state index is 0. The van der Waals surface area contributed by atoms with Crippen LogP contribution >= 0.6 is 12.4 Å². The molecule has 0 saturated heterocycles. The SMILES string of the molecule is CCCC(C)CC(=O)NCC(F)(F)CN.Cl. The summed E-state index contributed by atoms with van der Waals surface area (Å²) >= 11 is 0. The second-order valence-electron chi connectivity index (χ2n) is 3.93. The highest BCUT2D eigenvalue weighted by atomic mass is 35.5. The van der Waals surface area contributed by atoms with E-state index in [4.69, 9.17) is 5.73 Å². The number of halogens is 3. The molecule has 1 unspecified atom stereocenters. The summed E-state index contributed by atoms with van der Waals surface area (Å²) in [6.07, 6.45) is 2.22. The lowest BCUT2D eigenvalue weighted by atomic mass is 10.0. The van der Waals surface area contributed by atoms with Crippen LogP contribution in [0.3, 0.4) is 0 Å². The fourth-order valence-electron chi connectivity index (χ4n) is 1.28. The van der Waals surface area contributed by atoms with Gasteiger partial charge < -0.3 is 11.1 Å². The van der Waals surface area contributed by atoms with E-state index < -0.39 is 19.0 Å². The first-order chi connectivity index (χ1) is 6.91. The summed E-state index contributed by atoms with van der Waals surface area (Å²) in [7, 11) is 0. The average molecular weight is 259 g/mol. The molecule has 0 spiro atoms.